The van der Waals surface area contributed by atoms with Gasteiger partial charge in [0, 0.05) is 90.7 Å². The molecule has 0 bridgehead atoms. The highest BCUT2D eigenvalue weighted by Crippen LogP contribution is 2.44. The van der Waals surface area contributed by atoms with Crippen LogP contribution in [0.15, 0.2) is 108 Å². The van der Waals surface area contributed by atoms with Crippen LogP contribution in [0.4, 0.5) is 15.8 Å². The molecule has 0 unspecified atom stereocenters. The number of nitro groups is 1. The molecule has 0 atom stereocenters. The number of allylic oxidation sites excluding steroid dienone is 1. The van der Waals surface area contributed by atoms with Crippen molar-refractivity contribution in [3.8, 4) is 17.2 Å². The number of nitro benzene ring substituents is 1. The van der Waals surface area contributed by atoms with Gasteiger partial charge in [-0.3, -0.25) is 19.8 Å². The second kappa shape index (κ2) is 18.5. The SMILES string of the molecule is CC1(C)CCC(CN2CCN(c3ccc(C(=O)NS(=O)(=O)c4ccc(OCc5cn(C6COC6)cc5CF)c([N+](=O)[O-])c4)c(Oc4cnc5[nH]ccc5c4)c3)CC2)=C(c2ccc(Cl)cc2)C1. The molecule has 66 heavy (non-hydrogen) atoms. The van der Waals surface area contributed by atoms with Crippen LogP contribution in [-0.4, -0.2) is 84.6 Å². The van der Waals surface area contributed by atoms with Crippen LogP contribution in [0.5, 0.6) is 17.2 Å². The molecule has 2 aliphatic heterocycles. The van der Waals surface area contributed by atoms with E-state index in [1.165, 1.54) is 29.0 Å². The Hall–Kier alpha value is -6.27. The molecule has 2 saturated heterocycles. The Kier molecular flexibility index (Phi) is 12.6. The lowest BCUT2D eigenvalue weighted by Crippen LogP contribution is -2.47. The molecule has 0 saturated carbocycles. The quantitative estimate of drug-likeness (QED) is 0.0742. The summed E-state index contributed by atoms with van der Waals surface area (Å²) in [6.45, 7) is 8.51. The standard InChI is InChI=1S/C48H49ClFN7O8S/c1-48(2)13-11-33(42(22-48)31-3-5-36(49)6-4-31)25-54-15-17-55(18-16-54)37-7-9-41(45(20-37)65-39-19-32-12-14-51-46(32)52-24-39)47(58)53-66(61,62)40-8-10-44(43(21-40)57(59)60)64-28-35-27-56(26-34(35)23-50)38-29-63-30-38/h3-10,12,14,19-21,24,26-27,38H,11,13,15-18,22-23,25,28-30H2,1-2H3,(H,51,52)(H,53,58). The summed E-state index contributed by atoms with van der Waals surface area (Å²) >= 11 is 6.24. The molecule has 3 aromatic heterocycles. The minimum Gasteiger partial charge on any atom is -0.482 e. The van der Waals surface area contributed by atoms with E-state index in [4.69, 9.17) is 25.8 Å². The van der Waals surface area contributed by atoms with Gasteiger partial charge in [-0.25, -0.2) is 22.5 Å². The summed E-state index contributed by atoms with van der Waals surface area (Å²) in [5, 5.41) is 13.7. The second-order valence-corrected chi connectivity index (χ2v) is 19.9. The van der Waals surface area contributed by atoms with Crippen molar-refractivity contribution < 1.29 is 36.7 Å². The lowest BCUT2D eigenvalue weighted by atomic mass is 9.72. The summed E-state index contributed by atoms with van der Waals surface area (Å²) in [5.74, 6) is -0.837. The van der Waals surface area contributed by atoms with Crippen LogP contribution in [0.25, 0.3) is 16.6 Å². The van der Waals surface area contributed by atoms with Crippen LogP contribution >= 0.6 is 11.6 Å². The number of hydrogen-bond donors (Lipinski definition) is 2. The Balaban J connectivity index is 0.924. The zero-order valence-corrected chi connectivity index (χ0v) is 38.0. The van der Waals surface area contributed by atoms with Gasteiger partial charge >= 0.3 is 5.69 Å². The number of carbonyl (C=O) groups excluding carboxylic acids is 1. The summed E-state index contributed by atoms with van der Waals surface area (Å²) in [6, 6.07) is 19.8. The largest absolute Gasteiger partial charge is 0.482 e. The molecule has 5 heterocycles. The van der Waals surface area contributed by atoms with Crippen molar-refractivity contribution in [3.05, 3.63) is 141 Å². The first-order valence-electron chi connectivity index (χ1n) is 21.7. The molecule has 0 spiro atoms. The van der Waals surface area contributed by atoms with Gasteiger partial charge in [0.2, 0.25) is 0 Å². The number of pyridine rings is 1. The van der Waals surface area contributed by atoms with Crippen molar-refractivity contribution in [2.24, 2.45) is 5.41 Å². The highest BCUT2D eigenvalue weighted by Gasteiger charge is 2.31. The smallest absolute Gasteiger partial charge is 0.312 e. The third-order valence-corrected chi connectivity index (χ3v) is 14.2. The van der Waals surface area contributed by atoms with Crippen LogP contribution in [0.2, 0.25) is 5.02 Å². The Bertz CT molecular complexity index is 2940. The van der Waals surface area contributed by atoms with E-state index in [-0.39, 0.29) is 35.1 Å². The van der Waals surface area contributed by atoms with Crippen molar-refractivity contribution in [3.63, 3.8) is 0 Å². The molecule has 6 aromatic rings. The van der Waals surface area contributed by atoms with Crippen LogP contribution in [0.3, 0.4) is 0 Å². The highest BCUT2D eigenvalue weighted by molar-refractivity contribution is 7.90. The lowest BCUT2D eigenvalue weighted by molar-refractivity contribution is -0.386. The molecule has 9 rings (SSSR count). The predicted octanol–water partition coefficient (Wildman–Crippen LogP) is 9.24. The summed E-state index contributed by atoms with van der Waals surface area (Å²) < 4.78 is 62.5. The average Bonchev–Trinajstić information content (AvgIpc) is 3.92. The van der Waals surface area contributed by atoms with Crippen LogP contribution in [0, 0.1) is 15.5 Å². The van der Waals surface area contributed by atoms with E-state index in [1.54, 1.807) is 36.8 Å². The van der Waals surface area contributed by atoms with Gasteiger partial charge < -0.3 is 28.7 Å². The van der Waals surface area contributed by atoms with Crippen molar-refractivity contribution in [1.82, 2.24) is 24.2 Å². The lowest BCUT2D eigenvalue weighted by Gasteiger charge is -2.39. The fraction of sp³-hybridized carbons (Fsp3) is 0.333. The van der Waals surface area contributed by atoms with Gasteiger partial charge in [0.25, 0.3) is 15.9 Å². The van der Waals surface area contributed by atoms with E-state index in [0.717, 1.165) is 68.2 Å². The number of benzene rings is 3. The van der Waals surface area contributed by atoms with Gasteiger partial charge in [0.05, 0.1) is 40.8 Å². The van der Waals surface area contributed by atoms with Crippen molar-refractivity contribution in [2.75, 3.05) is 50.8 Å². The maximum atomic E-state index is 14.0. The molecule has 1 amide bonds. The van der Waals surface area contributed by atoms with E-state index in [2.05, 4.69) is 50.5 Å². The number of aromatic nitrogens is 3. The first-order chi connectivity index (χ1) is 31.7. The minimum atomic E-state index is -4.67. The van der Waals surface area contributed by atoms with Gasteiger partial charge in [0.1, 0.15) is 30.4 Å². The summed E-state index contributed by atoms with van der Waals surface area (Å²) in [7, 11) is -4.67. The number of ether oxygens (including phenoxy) is 3. The zero-order chi connectivity index (χ0) is 46.2. The third kappa shape index (κ3) is 9.79. The Morgan fingerprint density at radius 2 is 1.79 bits per heavy atom. The van der Waals surface area contributed by atoms with E-state index in [1.807, 2.05) is 22.8 Å². The number of piperazine rings is 1. The van der Waals surface area contributed by atoms with Gasteiger partial charge in [-0.2, -0.15) is 0 Å². The maximum absolute atomic E-state index is 14.0. The first-order valence-corrected chi connectivity index (χ1v) is 23.6. The number of alkyl halides is 1. The Labute approximate surface area is 386 Å². The van der Waals surface area contributed by atoms with E-state index in [9.17, 15) is 27.7 Å². The predicted molar refractivity (Wildman–Crippen MR) is 248 cm³/mol. The van der Waals surface area contributed by atoms with Crippen LogP contribution < -0.4 is 19.1 Å². The molecule has 18 heteroatoms. The molecule has 344 valence electrons. The monoisotopic (exact) mass is 937 g/mol. The number of H-pyrrole nitrogens is 1. The summed E-state index contributed by atoms with van der Waals surface area (Å²) in [6.07, 6.45) is 9.75. The fourth-order valence-corrected chi connectivity index (χ4v) is 9.83. The number of hydrogen-bond acceptors (Lipinski definition) is 11. The number of amides is 1. The van der Waals surface area contributed by atoms with Gasteiger partial charge in [-0.1, -0.05) is 43.2 Å². The van der Waals surface area contributed by atoms with Crippen LogP contribution in [-0.2, 0) is 28.0 Å². The number of fused-ring (bicyclic) bond motifs is 1. The number of sulfonamides is 1. The first kappa shape index (κ1) is 44.9. The summed E-state index contributed by atoms with van der Waals surface area (Å²) in [4.78, 5) is 37.0. The third-order valence-electron chi connectivity index (χ3n) is 12.6. The molecular formula is C48H49ClFN7O8S. The molecule has 1 aliphatic carbocycles. The topological polar surface area (TPSA) is 174 Å². The van der Waals surface area contributed by atoms with E-state index < -0.39 is 38.1 Å². The van der Waals surface area contributed by atoms with Gasteiger partial charge in [0.15, 0.2) is 5.75 Å². The number of halogens is 2. The number of rotatable bonds is 15. The molecule has 2 fully saturated rings. The molecule has 3 aliphatic rings. The maximum Gasteiger partial charge on any atom is 0.312 e. The van der Waals surface area contributed by atoms with Gasteiger partial charge in [-0.15, -0.1) is 0 Å². The molecular weight excluding hydrogens is 889 g/mol. The molecule has 0 radical (unpaired) electrons. The highest BCUT2D eigenvalue weighted by atomic mass is 35.5. The normalized spacial score (nSPS) is 16.9. The molecule has 2 N–H and O–H groups in total. The average molecular weight is 938 g/mol. The van der Waals surface area contributed by atoms with Crippen molar-refractivity contribution >= 4 is 55.5 Å². The van der Waals surface area contributed by atoms with E-state index >= 15 is 0 Å². The number of aromatic amines is 1. The number of anilines is 1. The number of nitrogens with zero attached hydrogens (tertiary/aromatic N) is 5. The van der Waals surface area contributed by atoms with Crippen LogP contribution in [0.1, 0.15) is 66.2 Å². The zero-order valence-electron chi connectivity index (χ0n) is 36.5. The molecule has 15 nitrogen and oxygen atoms in total. The second-order valence-electron chi connectivity index (χ2n) is 17.8. The number of nitrogens with one attached hydrogen (secondary N) is 2. The minimum absolute atomic E-state index is 0.0601. The fourth-order valence-electron chi connectivity index (χ4n) is 8.72. The van der Waals surface area contributed by atoms with Crippen molar-refractivity contribution in [2.45, 2.75) is 57.3 Å². The summed E-state index contributed by atoms with van der Waals surface area (Å²) in [5.41, 5.74) is 5.80. The number of carbonyl (C=O) groups is 1. The molecule has 3 aromatic carbocycles. The van der Waals surface area contributed by atoms with Crippen molar-refractivity contribution in [1.29, 1.82) is 0 Å². The van der Waals surface area contributed by atoms with Gasteiger partial charge in [-0.05, 0) is 84.3 Å². The Morgan fingerprint density at radius 3 is 2.52 bits per heavy atom. The van der Waals surface area contributed by atoms with E-state index in [0.29, 0.717) is 53.8 Å². The Morgan fingerprint density at radius 1 is 1.02 bits per heavy atom.